The van der Waals surface area contributed by atoms with Crippen LogP contribution in [0, 0.1) is 5.41 Å². The van der Waals surface area contributed by atoms with Gasteiger partial charge in [-0.1, -0.05) is 0 Å². The van der Waals surface area contributed by atoms with E-state index in [1.165, 1.54) is 65.3 Å². The Morgan fingerprint density at radius 1 is 1.24 bits per heavy atom. The largest absolute Gasteiger partial charge is 0.495 e. The second kappa shape index (κ2) is 9.63. The summed E-state index contributed by atoms with van der Waals surface area (Å²) in [5.74, 6) is -5.99. The van der Waals surface area contributed by atoms with Gasteiger partial charge in [0.05, 0.1) is 31.0 Å². The Morgan fingerprint density at radius 3 is 2.46 bits per heavy atom. The molecule has 0 saturated carbocycles. The number of carbonyl (C=O) groups is 2. The molecule has 1 N–H and O–H groups in total. The van der Waals surface area contributed by atoms with E-state index in [4.69, 9.17) is 4.74 Å². The summed E-state index contributed by atoms with van der Waals surface area (Å²) in [4.78, 5) is 36.8. The number of carbonyl (C=O) groups excluding carboxylic acids is 2. The lowest BCUT2D eigenvalue weighted by Gasteiger charge is -2.33. The fourth-order valence-corrected chi connectivity index (χ4v) is 3.98. The van der Waals surface area contributed by atoms with E-state index >= 15 is 0 Å². The zero-order valence-corrected chi connectivity index (χ0v) is 21.1. The molecule has 202 valence electrons. The highest BCUT2D eigenvalue weighted by atomic mass is 19.4. The molecule has 1 aromatic carbocycles. The van der Waals surface area contributed by atoms with Crippen molar-refractivity contribution in [2.24, 2.45) is 5.41 Å². The van der Waals surface area contributed by atoms with Crippen LogP contribution in [0.25, 0.3) is 0 Å². The van der Waals surface area contributed by atoms with E-state index in [9.17, 15) is 31.5 Å². The SMILES string of the molecule is CNC(=O)c1ccc(N(C)c2ncc3c(n2)N(CC(F)(F)C(F)(F)F)CC(C)(C)C(=O)N3C)c(OC)c1. The van der Waals surface area contributed by atoms with Gasteiger partial charge in [0.15, 0.2) is 5.82 Å². The molecule has 3 rings (SSSR count). The van der Waals surface area contributed by atoms with Crippen molar-refractivity contribution in [1.82, 2.24) is 15.3 Å². The number of alkyl halides is 5. The number of anilines is 4. The lowest BCUT2D eigenvalue weighted by Crippen LogP contribution is -2.50. The van der Waals surface area contributed by atoms with Gasteiger partial charge in [-0.15, -0.1) is 0 Å². The van der Waals surface area contributed by atoms with E-state index in [1.807, 2.05) is 0 Å². The summed E-state index contributed by atoms with van der Waals surface area (Å²) in [6.07, 6.45) is -4.61. The number of hydrogen-bond donors (Lipinski definition) is 1. The summed E-state index contributed by atoms with van der Waals surface area (Å²) >= 11 is 0. The molecular weight excluding hydrogens is 503 g/mol. The number of ether oxygens (including phenoxy) is 1. The smallest absolute Gasteiger partial charge is 0.455 e. The maximum absolute atomic E-state index is 14.2. The van der Waals surface area contributed by atoms with Gasteiger partial charge < -0.3 is 24.8 Å². The maximum Gasteiger partial charge on any atom is 0.455 e. The van der Waals surface area contributed by atoms with Crippen LogP contribution in [0.4, 0.5) is 45.1 Å². The van der Waals surface area contributed by atoms with Crippen molar-refractivity contribution in [2.45, 2.75) is 25.9 Å². The van der Waals surface area contributed by atoms with Crippen LogP contribution in [-0.2, 0) is 4.79 Å². The average Bonchev–Trinajstić information content (AvgIpc) is 2.90. The van der Waals surface area contributed by atoms with E-state index in [1.54, 1.807) is 6.07 Å². The summed E-state index contributed by atoms with van der Waals surface area (Å²) in [5.41, 5.74) is -0.627. The van der Waals surface area contributed by atoms with E-state index in [0.29, 0.717) is 11.3 Å². The molecule has 2 amide bonds. The Labute approximate surface area is 210 Å². The predicted octanol–water partition coefficient (Wildman–Crippen LogP) is 3.62. The minimum Gasteiger partial charge on any atom is -0.495 e. The molecule has 37 heavy (non-hydrogen) atoms. The predicted molar refractivity (Wildman–Crippen MR) is 127 cm³/mol. The summed E-state index contributed by atoms with van der Waals surface area (Å²) in [6.45, 7) is 0.725. The molecule has 0 fully saturated rings. The molecule has 0 unspecified atom stereocenters. The van der Waals surface area contributed by atoms with Gasteiger partial charge in [-0.3, -0.25) is 9.59 Å². The molecule has 0 spiro atoms. The summed E-state index contributed by atoms with van der Waals surface area (Å²) in [5, 5.41) is 2.49. The number of halogens is 5. The Bertz CT molecular complexity index is 1200. The second-order valence-electron chi connectivity index (χ2n) is 9.21. The molecule has 0 atom stereocenters. The molecule has 1 aromatic heterocycles. The van der Waals surface area contributed by atoms with Crippen molar-refractivity contribution in [1.29, 1.82) is 0 Å². The second-order valence-corrected chi connectivity index (χ2v) is 9.21. The fraction of sp³-hybridized carbons (Fsp3) is 0.478. The van der Waals surface area contributed by atoms with Crippen molar-refractivity contribution in [2.75, 3.05) is 56.0 Å². The Balaban J connectivity index is 2.13. The summed E-state index contributed by atoms with van der Waals surface area (Å²) in [7, 11) is 5.75. The van der Waals surface area contributed by atoms with Crippen LogP contribution < -0.4 is 24.8 Å². The van der Waals surface area contributed by atoms with Gasteiger partial charge in [0, 0.05) is 33.3 Å². The molecule has 0 bridgehead atoms. The number of rotatable bonds is 6. The van der Waals surface area contributed by atoms with Gasteiger partial charge in [-0.2, -0.15) is 26.9 Å². The first-order valence-corrected chi connectivity index (χ1v) is 11.0. The first-order chi connectivity index (χ1) is 17.0. The van der Waals surface area contributed by atoms with E-state index in [0.717, 1.165) is 9.80 Å². The van der Waals surface area contributed by atoms with Crippen molar-refractivity contribution < 1.29 is 36.3 Å². The molecule has 1 aliphatic rings. The summed E-state index contributed by atoms with van der Waals surface area (Å²) < 4.78 is 73.0. The van der Waals surface area contributed by atoms with Gasteiger partial charge in [0.25, 0.3) is 5.91 Å². The fourth-order valence-electron chi connectivity index (χ4n) is 3.98. The lowest BCUT2D eigenvalue weighted by molar-refractivity contribution is -0.277. The zero-order chi connectivity index (χ0) is 27.9. The quantitative estimate of drug-likeness (QED) is 0.571. The maximum atomic E-state index is 14.2. The average molecular weight is 530 g/mol. The van der Waals surface area contributed by atoms with E-state index in [2.05, 4.69) is 15.3 Å². The summed E-state index contributed by atoms with van der Waals surface area (Å²) in [6, 6.07) is 4.54. The van der Waals surface area contributed by atoms with Crippen molar-refractivity contribution in [3.63, 3.8) is 0 Å². The van der Waals surface area contributed by atoms with Crippen LogP contribution in [0.3, 0.4) is 0 Å². The topological polar surface area (TPSA) is 90.9 Å². The van der Waals surface area contributed by atoms with E-state index < -0.39 is 36.5 Å². The standard InChI is InChI=1S/C23H27F5N6O3/c1-21(2)11-34(12-22(24,25)23(26,27)28)17-15(32(4)19(21)36)10-30-20(31-17)33(5)14-8-7-13(18(35)29-3)9-16(14)37-6/h7-10H,11-12H2,1-6H3,(H,29,35). The number of nitrogens with one attached hydrogen (secondary N) is 1. The minimum absolute atomic E-state index is 0.0207. The Kier molecular flexibility index (Phi) is 7.26. The molecule has 9 nitrogen and oxygen atoms in total. The highest BCUT2D eigenvalue weighted by Gasteiger charge is 2.59. The van der Waals surface area contributed by atoms with Crippen LogP contribution in [0.2, 0.25) is 0 Å². The van der Waals surface area contributed by atoms with E-state index in [-0.39, 0.29) is 29.1 Å². The minimum atomic E-state index is -5.80. The number of amides is 2. The molecule has 0 radical (unpaired) electrons. The molecular formula is C23H27F5N6O3. The van der Waals surface area contributed by atoms with Crippen molar-refractivity contribution in [3.8, 4) is 5.75 Å². The highest BCUT2D eigenvalue weighted by Crippen LogP contribution is 2.42. The van der Waals surface area contributed by atoms with Crippen molar-refractivity contribution >= 4 is 35.0 Å². The van der Waals surface area contributed by atoms with Crippen molar-refractivity contribution in [3.05, 3.63) is 30.0 Å². The first-order valence-electron chi connectivity index (χ1n) is 11.0. The number of hydrogen-bond acceptors (Lipinski definition) is 7. The first kappa shape index (κ1) is 27.9. The third-order valence-corrected chi connectivity index (χ3v) is 6.00. The molecule has 0 saturated heterocycles. The molecule has 0 aliphatic carbocycles. The van der Waals surface area contributed by atoms with Gasteiger partial charge >= 0.3 is 12.1 Å². The zero-order valence-electron chi connectivity index (χ0n) is 21.1. The van der Waals surface area contributed by atoms with Crippen LogP contribution in [0.1, 0.15) is 24.2 Å². The van der Waals surface area contributed by atoms with Crippen LogP contribution >= 0.6 is 0 Å². The Hall–Kier alpha value is -3.71. The third kappa shape index (κ3) is 5.23. The molecule has 2 aromatic rings. The highest BCUT2D eigenvalue weighted by molar-refractivity contribution is 6.01. The number of nitrogens with zero attached hydrogens (tertiary/aromatic N) is 5. The number of benzene rings is 1. The third-order valence-electron chi connectivity index (χ3n) is 6.00. The monoisotopic (exact) mass is 530 g/mol. The van der Waals surface area contributed by atoms with Crippen LogP contribution in [0.5, 0.6) is 5.75 Å². The number of methoxy groups -OCH3 is 1. The van der Waals surface area contributed by atoms with Gasteiger partial charge in [0.1, 0.15) is 11.4 Å². The van der Waals surface area contributed by atoms with Gasteiger partial charge in [0.2, 0.25) is 11.9 Å². The van der Waals surface area contributed by atoms with Gasteiger partial charge in [-0.05, 0) is 32.0 Å². The number of aromatic nitrogens is 2. The van der Waals surface area contributed by atoms with Crippen LogP contribution in [0.15, 0.2) is 24.4 Å². The molecule has 2 heterocycles. The Morgan fingerprint density at radius 2 is 1.89 bits per heavy atom. The number of fused-ring (bicyclic) bond motifs is 1. The van der Waals surface area contributed by atoms with Crippen LogP contribution in [-0.4, -0.2) is 75.2 Å². The lowest BCUT2D eigenvalue weighted by atomic mass is 9.91. The normalized spacial score (nSPS) is 15.7. The van der Waals surface area contributed by atoms with Gasteiger partial charge in [-0.25, -0.2) is 4.98 Å². The molecule has 1 aliphatic heterocycles. The molecule has 14 heteroatoms.